The van der Waals surface area contributed by atoms with E-state index < -0.39 is 27.6 Å². The van der Waals surface area contributed by atoms with Gasteiger partial charge in [-0.1, -0.05) is 13.8 Å². The second-order valence-electron chi connectivity index (χ2n) is 4.92. The van der Waals surface area contributed by atoms with Gasteiger partial charge in [0.2, 0.25) is 5.91 Å². The van der Waals surface area contributed by atoms with Crippen LogP contribution < -0.4 is 0 Å². The Morgan fingerprint density at radius 3 is 2.22 bits per heavy atom. The minimum atomic E-state index is -3.05. The molecule has 1 heterocycles. The summed E-state index contributed by atoms with van der Waals surface area (Å²) >= 11 is 0. The third-order valence-corrected chi connectivity index (χ3v) is 5.38. The molecule has 0 aromatic heterocycles. The van der Waals surface area contributed by atoms with Gasteiger partial charge in [0.25, 0.3) is 0 Å². The average molecular weight is 277 g/mol. The molecule has 1 fully saturated rings. The third-order valence-electron chi connectivity index (χ3n) is 3.63. The van der Waals surface area contributed by atoms with E-state index in [1.165, 1.54) is 11.8 Å². The van der Waals surface area contributed by atoms with Crippen LogP contribution in [0.4, 0.5) is 0 Å². The van der Waals surface area contributed by atoms with Gasteiger partial charge in [-0.25, -0.2) is 8.42 Å². The monoisotopic (exact) mass is 277 g/mol. The maximum atomic E-state index is 12.1. The second kappa shape index (κ2) is 5.26. The first-order valence-electron chi connectivity index (χ1n) is 5.85. The van der Waals surface area contributed by atoms with E-state index in [0.29, 0.717) is 6.42 Å². The number of hydrogen-bond donors (Lipinski definition) is 1. The Balaban J connectivity index is 2.70. The Hall–Kier alpha value is -1.11. The molecule has 7 heteroatoms. The van der Waals surface area contributed by atoms with Crippen molar-refractivity contribution < 1.29 is 23.1 Å². The van der Waals surface area contributed by atoms with Gasteiger partial charge < -0.3 is 10.0 Å². The van der Waals surface area contributed by atoms with Gasteiger partial charge >= 0.3 is 5.97 Å². The summed E-state index contributed by atoms with van der Waals surface area (Å²) in [6, 6.07) is -0.328. The smallest absolute Gasteiger partial charge is 0.307 e. The minimum Gasteiger partial charge on any atom is -0.481 e. The summed E-state index contributed by atoms with van der Waals surface area (Å²) in [6.07, 6.45) is 0.429. The standard InChI is InChI=1S/C11H19NO5S/c1-7(8(2)11(14)15)10(13)12(3)9-4-5-18(16,17)6-9/h7-9H,4-6H2,1-3H3,(H,14,15). The lowest BCUT2D eigenvalue weighted by Crippen LogP contribution is -2.43. The predicted octanol–water partition coefficient (Wildman–Crippen LogP) is -0.0113. The van der Waals surface area contributed by atoms with Crippen molar-refractivity contribution in [3.8, 4) is 0 Å². The van der Waals surface area contributed by atoms with E-state index >= 15 is 0 Å². The second-order valence-corrected chi connectivity index (χ2v) is 7.15. The van der Waals surface area contributed by atoms with E-state index in [1.54, 1.807) is 14.0 Å². The molecule has 0 bridgehead atoms. The lowest BCUT2D eigenvalue weighted by Gasteiger charge is -2.27. The van der Waals surface area contributed by atoms with Crippen molar-refractivity contribution in [2.24, 2.45) is 11.8 Å². The van der Waals surface area contributed by atoms with Crippen LogP contribution in [0.25, 0.3) is 0 Å². The molecule has 1 saturated heterocycles. The van der Waals surface area contributed by atoms with E-state index in [9.17, 15) is 18.0 Å². The number of amides is 1. The highest BCUT2D eigenvalue weighted by molar-refractivity contribution is 7.91. The van der Waals surface area contributed by atoms with Gasteiger partial charge in [0, 0.05) is 19.0 Å². The number of hydrogen-bond acceptors (Lipinski definition) is 4. The summed E-state index contributed by atoms with van der Waals surface area (Å²) in [5, 5.41) is 8.86. The molecule has 1 N–H and O–H groups in total. The SMILES string of the molecule is CC(C(=O)O)C(C)C(=O)N(C)C1CCS(=O)(=O)C1. The van der Waals surface area contributed by atoms with Crippen LogP contribution in [0.1, 0.15) is 20.3 Å². The van der Waals surface area contributed by atoms with E-state index in [1.807, 2.05) is 0 Å². The zero-order valence-corrected chi connectivity index (χ0v) is 11.6. The van der Waals surface area contributed by atoms with Crippen LogP contribution in [0.3, 0.4) is 0 Å². The predicted molar refractivity (Wildman–Crippen MR) is 65.8 cm³/mol. The zero-order chi connectivity index (χ0) is 14.1. The fourth-order valence-electron chi connectivity index (χ4n) is 2.01. The number of nitrogens with zero attached hydrogens (tertiary/aromatic N) is 1. The Morgan fingerprint density at radius 2 is 1.83 bits per heavy atom. The number of carboxylic acid groups (broad SMARTS) is 1. The average Bonchev–Trinajstić information content (AvgIpc) is 2.65. The highest BCUT2D eigenvalue weighted by Crippen LogP contribution is 2.21. The van der Waals surface area contributed by atoms with Crippen molar-refractivity contribution in [2.45, 2.75) is 26.3 Å². The van der Waals surface area contributed by atoms with E-state index in [0.717, 1.165) is 0 Å². The molecule has 0 radical (unpaired) electrons. The number of carboxylic acids is 1. The number of aliphatic carboxylic acids is 1. The summed E-state index contributed by atoms with van der Waals surface area (Å²) < 4.78 is 22.7. The third kappa shape index (κ3) is 3.22. The van der Waals surface area contributed by atoms with Gasteiger partial charge in [-0.2, -0.15) is 0 Å². The number of carbonyl (C=O) groups excluding carboxylic acids is 1. The van der Waals surface area contributed by atoms with Crippen LogP contribution in [0.5, 0.6) is 0 Å². The summed E-state index contributed by atoms with van der Waals surface area (Å²) in [7, 11) is -1.51. The lowest BCUT2D eigenvalue weighted by molar-refractivity contribution is -0.149. The molecule has 0 spiro atoms. The fourth-order valence-corrected chi connectivity index (χ4v) is 3.78. The van der Waals surface area contributed by atoms with E-state index in [2.05, 4.69) is 0 Å². The highest BCUT2D eigenvalue weighted by Gasteiger charge is 2.36. The van der Waals surface area contributed by atoms with Gasteiger partial charge in [0.15, 0.2) is 9.84 Å². The molecule has 1 aliphatic heterocycles. The van der Waals surface area contributed by atoms with Crippen LogP contribution in [0.15, 0.2) is 0 Å². The summed E-state index contributed by atoms with van der Waals surface area (Å²) in [5.41, 5.74) is 0. The zero-order valence-electron chi connectivity index (χ0n) is 10.8. The molecule has 104 valence electrons. The first kappa shape index (κ1) is 14.9. The molecule has 6 nitrogen and oxygen atoms in total. The van der Waals surface area contributed by atoms with Gasteiger partial charge in [-0.3, -0.25) is 9.59 Å². The molecule has 3 unspecified atom stereocenters. The quantitative estimate of drug-likeness (QED) is 0.780. The molecule has 1 rings (SSSR count). The Kier molecular flexibility index (Phi) is 4.37. The van der Waals surface area contributed by atoms with Crippen LogP contribution >= 0.6 is 0 Å². The highest BCUT2D eigenvalue weighted by atomic mass is 32.2. The number of rotatable bonds is 4. The Bertz CT molecular complexity index is 444. The molecule has 1 aliphatic rings. The molecule has 3 atom stereocenters. The minimum absolute atomic E-state index is 0.0244. The maximum Gasteiger partial charge on any atom is 0.307 e. The summed E-state index contributed by atoms with van der Waals surface area (Å²) in [6.45, 7) is 3.03. The molecule has 0 aliphatic carbocycles. The topological polar surface area (TPSA) is 91.8 Å². The number of sulfone groups is 1. The van der Waals surface area contributed by atoms with Crippen molar-refractivity contribution in [1.82, 2.24) is 4.90 Å². The van der Waals surface area contributed by atoms with Crippen molar-refractivity contribution in [1.29, 1.82) is 0 Å². The van der Waals surface area contributed by atoms with Crippen LogP contribution in [0.2, 0.25) is 0 Å². The van der Waals surface area contributed by atoms with Crippen molar-refractivity contribution in [3.05, 3.63) is 0 Å². The first-order valence-corrected chi connectivity index (χ1v) is 7.67. The molecule has 18 heavy (non-hydrogen) atoms. The summed E-state index contributed by atoms with van der Waals surface area (Å²) in [4.78, 5) is 24.3. The van der Waals surface area contributed by atoms with Crippen molar-refractivity contribution in [3.63, 3.8) is 0 Å². The molecule has 1 amide bonds. The van der Waals surface area contributed by atoms with Gasteiger partial charge in [0.05, 0.1) is 17.4 Å². The van der Waals surface area contributed by atoms with E-state index in [4.69, 9.17) is 5.11 Å². The molecule has 0 saturated carbocycles. The first-order chi connectivity index (χ1) is 8.15. The van der Waals surface area contributed by atoms with Crippen LogP contribution in [-0.4, -0.2) is 54.9 Å². The Morgan fingerprint density at radius 1 is 1.28 bits per heavy atom. The normalized spacial score (nSPS) is 25.4. The Labute approximate surface area is 107 Å². The molecule has 0 aromatic carbocycles. The van der Waals surface area contributed by atoms with Crippen molar-refractivity contribution >= 4 is 21.7 Å². The lowest BCUT2D eigenvalue weighted by atomic mass is 9.94. The van der Waals surface area contributed by atoms with Crippen molar-refractivity contribution in [2.75, 3.05) is 18.6 Å². The van der Waals surface area contributed by atoms with E-state index in [-0.39, 0.29) is 23.5 Å². The fraction of sp³-hybridized carbons (Fsp3) is 0.818. The van der Waals surface area contributed by atoms with Crippen LogP contribution in [-0.2, 0) is 19.4 Å². The van der Waals surface area contributed by atoms with Gasteiger partial charge in [-0.15, -0.1) is 0 Å². The van der Waals surface area contributed by atoms with Gasteiger partial charge in [0.1, 0.15) is 0 Å². The molecule has 0 aromatic rings. The van der Waals surface area contributed by atoms with Crippen LogP contribution in [0, 0.1) is 11.8 Å². The number of carbonyl (C=O) groups is 2. The molecular formula is C11H19NO5S. The molecular weight excluding hydrogens is 258 g/mol. The maximum absolute atomic E-state index is 12.1. The summed E-state index contributed by atoms with van der Waals surface area (Å²) in [5.74, 6) is -2.70. The van der Waals surface area contributed by atoms with Gasteiger partial charge in [-0.05, 0) is 6.42 Å². The largest absolute Gasteiger partial charge is 0.481 e.